The fraction of sp³-hybridized carbons (Fsp3) is 0.154. The zero-order chi connectivity index (χ0) is 14.1. The van der Waals surface area contributed by atoms with Crippen molar-refractivity contribution in [2.45, 2.75) is 13.0 Å². The number of anilines is 1. The number of rotatable bonds is 4. The first kappa shape index (κ1) is 12.6. The van der Waals surface area contributed by atoms with Crippen LogP contribution in [0.2, 0.25) is 0 Å². The summed E-state index contributed by atoms with van der Waals surface area (Å²) < 4.78 is 1.49. The van der Waals surface area contributed by atoms with Crippen molar-refractivity contribution in [1.82, 2.24) is 9.38 Å². The summed E-state index contributed by atoms with van der Waals surface area (Å²) in [5, 5.41) is 16.1. The van der Waals surface area contributed by atoms with E-state index >= 15 is 0 Å². The maximum atomic E-state index is 11.2. The summed E-state index contributed by atoms with van der Waals surface area (Å²) >= 11 is 1.37. The second-order valence-electron chi connectivity index (χ2n) is 4.37. The van der Waals surface area contributed by atoms with Gasteiger partial charge in [-0.05, 0) is 17.4 Å². The molecule has 7 heteroatoms. The van der Waals surface area contributed by atoms with Gasteiger partial charge in [-0.2, -0.15) is 9.38 Å². The number of thiazole rings is 1. The molecule has 0 saturated carbocycles. The SMILES string of the molecule is CC(Nc1nc2sccn2c1[N+](=O)[O-])c1ccccc1. The van der Waals surface area contributed by atoms with Crippen molar-refractivity contribution >= 4 is 27.9 Å². The van der Waals surface area contributed by atoms with Crippen molar-refractivity contribution in [3.8, 4) is 0 Å². The van der Waals surface area contributed by atoms with Gasteiger partial charge >= 0.3 is 5.82 Å². The first-order valence-electron chi connectivity index (χ1n) is 6.08. The van der Waals surface area contributed by atoms with Crippen molar-refractivity contribution in [3.63, 3.8) is 0 Å². The number of nitrogens with zero attached hydrogens (tertiary/aromatic N) is 3. The van der Waals surface area contributed by atoms with Gasteiger partial charge in [-0.25, -0.2) is 0 Å². The summed E-state index contributed by atoms with van der Waals surface area (Å²) in [6.45, 7) is 1.95. The first-order valence-corrected chi connectivity index (χ1v) is 6.96. The van der Waals surface area contributed by atoms with Crippen LogP contribution in [0.4, 0.5) is 11.6 Å². The summed E-state index contributed by atoms with van der Waals surface area (Å²) in [6.07, 6.45) is 1.66. The Labute approximate surface area is 118 Å². The molecule has 3 aromatic rings. The third-order valence-electron chi connectivity index (χ3n) is 3.06. The van der Waals surface area contributed by atoms with Crippen molar-refractivity contribution in [2.75, 3.05) is 5.32 Å². The lowest BCUT2D eigenvalue weighted by molar-refractivity contribution is -0.389. The highest BCUT2D eigenvalue weighted by molar-refractivity contribution is 7.15. The molecule has 1 unspecified atom stereocenters. The fourth-order valence-electron chi connectivity index (χ4n) is 2.08. The number of aromatic nitrogens is 2. The van der Waals surface area contributed by atoms with E-state index in [1.807, 2.05) is 37.3 Å². The Morgan fingerprint density at radius 3 is 2.85 bits per heavy atom. The van der Waals surface area contributed by atoms with Gasteiger partial charge in [-0.1, -0.05) is 41.7 Å². The zero-order valence-electron chi connectivity index (χ0n) is 10.7. The maximum absolute atomic E-state index is 11.2. The molecule has 0 saturated heterocycles. The van der Waals surface area contributed by atoms with Crippen LogP contribution in [-0.2, 0) is 0 Å². The Morgan fingerprint density at radius 1 is 1.40 bits per heavy atom. The summed E-state index contributed by atoms with van der Waals surface area (Å²) in [4.78, 5) is 15.7. The molecule has 1 aromatic carbocycles. The molecule has 0 fully saturated rings. The van der Waals surface area contributed by atoms with Gasteiger partial charge < -0.3 is 15.4 Å². The highest BCUT2D eigenvalue weighted by atomic mass is 32.1. The molecule has 0 radical (unpaired) electrons. The molecule has 1 N–H and O–H groups in total. The van der Waals surface area contributed by atoms with Gasteiger partial charge in [0.25, 0.3) is 4.96 Å². The zero-order valence-corrected chi connectivity index (χ0v) is 11.5. The highest BCUT2D eigenvalue weighted by Crippen LogP contribution is 2.30. The van der Waals surface area contributed by atoms with Gasteiger partial charge in [0.2, 0.25) is 5.82 Å². The third kappa shape index (κ3) is 2.12. The van der Waals surface area contributed by atoms with E-state index in [-0.39, 0.29) is 11.9 Å². The van der Waals surface area contributed by atoms with Gasteiger partial charge in [-0.3, -0.25) is 0 Å². The molecule has 0 aliphatic rings. The summed E-state index contributed by atoms with van der Waals surface area (Å²) in [5.74, 6) is 0.280. The van der Waals surface area contributed by atoms with Crippen LogP contribution in [0.5, 0.6) is 0 Å². The molecule has 1 atom stereocenters. The third-order valence-corrected chi connectivity index (χ3v) is 3.82. The highest BCUT2D eigenvalue weighted by Gasteiger charge is 2.24. The number of benzene rings is 1. The number of fused-ring (bicyclic) bond motifs is 1. The van der Waals surface area contributed by atoms with Crippen LogP contribution in [-0.4, -0.2) is 14.3 Å². The van der Waals surface area contributed by atoms with Gasteiger partial charge in [-0.15, -0.1) is 0 Å². The minimum atomic E-state index is -0.410. The second kappa shape index (κ2) is 4.93. The first-order chi connectivity index (χ1) is 9.66. The largest absolute Gasteiger partial charge is 0.372 e. The Kier molecular flexibility index (Phi) is 3.11. The van der Waals surface area contributed by atoms with Gasteiger partial charge in [0.1, 0.15) is 6.20 Å². The summed E-state index contributed by atoms with van der Waals surface area (Å²) in [6, 6.07) is 9.70. The molecule has 0 aliphatic heterocycles. The molecule has 2 aromatic heterocycles. The van der Waals surface area contributed by atoms with Crippen LogP contribution in [0.25, 0.3) is 4.96 Å². The van der Waals surface area contributed by atoms with Crippen LogP contribution in [0.1, 0.15) is 18.5 Å². The summed E-state index contributed by atoms with van der Waals surface area (Å²) in [7, 11) is 0. The molecule has 20 heavy (non-hydrogen) atoms. The fourth-order valence-corrected chi connectivity index (χ4v) is 2.78. The van der Waals surface area contributed by atoms with E-state index < -0.39 is 4.92 Å². The Hall–Kier alpha value is -2.41. The number of nitrogens with one attached hydrogen (secondary N) is 1. The molecule has 6 nitrogen and oxygen atoms in total. The van der Waals surface area contributed by atoms with E-state index in [9.17, 15) is 10.1 Å². The molecule has 0 amide bonds. The van der Waals surface area contributed by atoms with Crippen molar-refractivity contribution < 1.29 is 4.92 Å². The number of imidazole rings is 1. The van der Waals surface area contributed by atoms with E-state index in [4.69, 9.17) is 0 Å². The lowest BCUT2D eigenvalue weighted by Gasteiger charge is -2.13. The van der Waals surface area contributed by atoms with Crippen LogP contribution < -0.4 is 5.32 Å². The lowest BCUT2D eigenvalue weighted by Crippen LogP contribution is -2.08. The van der Waals surface area contributed by atoms with Crippen LogP contribution in [0, 0.1) is 10.1 Å². The molecule has 0 aliphatic carbocycles. The summed E-state index contributed by atoms with van der Waals surface area (Å²) in [5.41, 5.74) is 1.05. The topological polar surface area (TPSA) is 72.5 Å². The number of hydrogen-bond donors (Lipinski definition) is 1. The smallest absolute Gasteiger partial charge is 0.358 e. The minimum absolute atomic E-state index is 0.0240. The Morgan fingerprint density at radius 2 is 2.15 bits per heavy atom. The van der Waals surface area contributed by atoms with Crippen molar-refractivity contribution in [3.05, 3.63) is 57.6 Å². The van der Waals surface area contributed by atoms with E-state index in [1.54, 1.807) is 11.6 Å². The van der Waals surface area contributed by atoms with Crippen LogP contribution in [0.3, 0.4) is 0 Å². The average molecular weight is 288 g/mol. The average Bonchev–Trinajstić information content (AvgIpc) is 2.99. The molecule has 3 rings (SSSR count). The maximum Gasteiger partial charge on any atom is 0.372 e. The predicted molar refractivity (Wildman–Crippen MR) is 78.2 cm³/mol. The standard InChI is InChI=1S/C13H12N4O2S/c1-9(10-5-3-2-4-6-10)14-11-12(17(18)19)16-7-8-20-13(16)15-11/h2-9,14H,1H3. The van der Waals surface area contributed by atoms with Crippen molar-refractivity contribution in [2.24, 2.45) is 0 Å². The molecular formula is C13H12N4O2S. The van der Waals surface area contributed by atoms with Gasteiger partial charge in [0.15, 0.2) is 0 Å². The van der Waals surface area contributed by atoms with Gasteiger partial charge in [0.05, 0.1) is 6.04 Å². The number of nitro groups is 1. The Bertz CT molecular complexity index is 750. The van der Waals surface area contributed by atoms with Crippen molar-refractivity contribution in [1.29, 1.82) is 0 Å². The lowest BCUT2D eigenvalue weighted by atomic mass is 10.1. The van der Waals surface area contributed by atoms with Crippen LogP contribution in [0.15, 0.2) is 41.9 Å². The quantitative estimate of drug-likeness (QED) is 0.589. The molecule has 2 heterocycles. The monoisotopic (exact) mass is 288 g/mol. The second-order valence-corrected chi connectivity index (χ2v) is 5.25. The van der Waals surface area contributed by atoms with Gasteiger partial charge in [0, 0.05) is 5.38 Å². The molecule has 0 bridgehead atoms. The van der Waals surface area contributed by atoms with E-state index in [2.05, 4.69) is 10.3 Å². The number of hydrogen-bond acceptors (Lipinski definition) is 5. The molecule has 0 spiro atoms. The normalized spacial score (nSPS) is 12.4. The predicted octanol–water partition coefficient (Wildman–Crippen LogP) is 3.48. The minimum Gasteiger partial charge on any atom is -0.358 e. The van der Waals surface area contributed by atoms with E-state index in [0.717, 1.165) is 5.56 Å². The van der Waals surface area contributed by atoms with Crippen LogP contribution >= 0.6 is 11.3 Å². The Balaban J connectivity index is 1.96. The molecule has 102 valence electrons. The van der Waals surface area contributed by atoms with E-state index in [0.29, 0.717) is 10.8 Å². The van der Waals surface area contributed by atoms with E-state index in [1.165, 1.54) is 15.7 Å². The molecular weight excluding hydrogens is 276 g/mol.